The Morgan fingerprint density at radius 1 is 0.939 bits per heavy atom. The van der Waals surface area contributed by atoms with E-state index in [9.17, 15) is 4.79 Å². The minimum Gasteiger partial charge on any atom is -0.459 e. The summed E-state index contributed by atoms with van der Waals surface area (Å²) in [6, 6.07) is 0. The molecule has 0 spiro atoms. The van der Waals surface area contributed by atoms with Gasteiger partial charge < -0.3 is 4.74 Å². The third-order valence-electron chi connectivity index (χ3n) is 11.4. The van der Waals surface area contributed by atoms with Gasteiger partial charge in [0.25, 0.3) is 0 Å². The molecule has 2 nitrogen and oxygen atoms in total. The predicted octanol–water partition coefficient (Wildman–Crippen LogP) is 8.60. The van der Waals surface area contributed by atoms with Crippen LogP contribution in [0.1, 0.15) is 119 Å². The molecule has 33 heavy (non-hydrogen) atoms. The number of hydrogen-bond donors (Lipinski definition) is 0. The Morgan fingerprint density at radius 2 is 1.64 bits per heavy atom. The number of esters is 1. The Hall–Kier alpha value is -0.790. The van der Waals surface area contributed by atoms with Gasteiger partial charge >= 0.3 is 5.97 Å². The van der Waals surface area contributed by atoms with Gasteiger partial charge in [-0.3, -0.25) is 0 Å². The summed E-state index contributed by atoms with van der Waals surface area (Å²) in [6.07, 6.45) is 16.3. The fourth-order valence-corrected chi connectivity index (χ4v) is 9.60. The number of ether oxygens (including phenoxy) is 1. The van der Waals surface area contributed by atoms with Crippen molar-refractivity contribution in [2.75, 3.05) is 0 Å². The molecule has 0 heterocycles. The zero-order valence-electron chi connectivity index (χ0n) is 22.6. The van der Waals surface area contributed by atoms with Crippen molar-refractivity contribution >= 4 is 5.97 Å². The molecular weight excluding hydrogens is 404 g/mol. The molecule has 9 atom stereocenters. The van der Waals surface area contributed by atoms with Crippen LogP contribution in [0.25, 0.3) is 0 Å². The SMILES string of the molecule is C=C(C)C(=O)O[C@H]1CC[C@@]2(C)[C@@H](CC[C@@H]3[C@@H]2CC[C@]2(C)[C@@H]([C@H](C)CCCC(C)C)CC[C@@H]32)C1. The summed E-state index contributed by atoms with van der Waals surface area (Å²) in [6.45, 7) is 18.2. The fourth-order valence-electron chi connectivity index (χ4n) is 9.60. The third-order valence-corrected chi connectivity index (χ3v) is 11.4. The maximum atomic E-state index is 12.1. The average Bonchev–Trinajstić information content (AvgIpc) is 3.11. The van der Waals surface area contributed by atoms with E-state index in [1.807, 2.05) is 0 Å². The Morgan fingerprint density at radius 3 is 2.33 bits per heavy atom. The van der Waals surface area contributed by atoms with E-state index in [2.05, 4.69) is 41.2 Å². The molecule has 4 aliphatic carbocycles. The van der Waals surface area contributed by atoms with Gasteiger partial charge in [-0.2, -0.15) is 0 Å². The summed E-state index contributed by atoms with van der Waals surface area (Å²) in [5, 5.41) is 0. The van der Waals surface area contributed by atoms with E-state index in [0.717, 1.165) is 54.3 Å². The molecule has 0 amide bonds. The molecule has 0 aliphatic heterocycles. The van der Waals surface area contributed by atoms with Crippen molar-refractivity contribution < 1.29 is 9.53 Å². The van der Waals surface area contributed by atoms with E-state index in [1.54, 1.807) is 6.92 Å². The second kappa shape index (κ2) is 9.69. The van der Waals surface area contributed by atoms with Gasteiger partial charge in [-0.1, -0.05) is 60.5 Å². The first-order valence-corrected chi connectivity index (χ1v) is 14.4. The molecule has 0 saturated heterocycles. The topological polar surface area (TPSA) is 26.3 Å². The van der Waals surface area contributed by atoms with Crippen LogP contribution in [0, 0.1) is 52.3 Å². The summed E-state index contributed by atoms with van der Waals surface area (Å²) in [4.78, 5) is 12.1. The Labute approximate surface area is 204 Å². The highest BCUT2D eigenvalue weighted by Crippen LogP contribution is 2.68. The molecule has 2 heteroatoms. The lowest BCUT2D eigenvalue weighted by Crippen LogP contribution is -2.54. The Bertz CT molecular complexity index is 724. The standard InChI is InChI=1S/C31H52O2/c1-20(2)9-8-10-22(5)26-13-14-27-25-12-11-23-19-24(33-29(32)21(3)4)15-17-30(23,6)28(25)16-18-31(26,27)7/h20,22-28H,3,8-19H2,1-2,4-7H3/t22-,23+,24+,25+,26-,27+,28+,30+,31-/m1/s1. The van der Waals surface area contributed by atoms with Crippen LogP contribution in [-0.2, 0) is 9.53 Å². The van der Waals surface area contributed by atoms with E-state index >= 15 is 0 Å². The summed E-state index contributed by atoms with van der Waals surface area (Å²) < 4.78 is 5.82. The van der Waals surface area contributed by atoms with Gasteiger partial charge in [-0.15, -0.1) is 0 Å². The average molecular weight is 457 g/mol. The van der Waals surface area contributed by atoms with Crippen molar-refractivity contribution in [1.29, 1.82) is 0 Å². The lowest BCUT2D eigenvalue weighted by atomic mass is 9.44. The van der Waals surface area contributed by atoms with Crippen LogP contribution in [0.2, 0.25) is 0 Å². The van der Waals surface area contributed by atoms with E-state index < -0.39 is 0 Å². The molecule has 0 bridgehead atoms. The molecule has 4 aliphatic rings. The van der Waals surface area contributed by atoms with E-state index in [1.165, 1.54) is 64.2 Å². The van der Waals surface area contributed by atoms with Crippen molar-refractivity contribution in [3.63, 3.8) is 0 Å². The smallest absolute Gasteiger partial charge is 0.333 e. The molecule has 4 rings (SSSR count). The zero-order chi connectivity index (χ0) is 24.0. The van der Waals surface area contributed by atoms with Gasteiger partial charge in [0, 0.05) is 5.57 Å². The Balaban J connectivity index is 1.41. The normalized spacial score (nSPS) is 43.4. The maximum Gasteiger partial charge on any atom is 0.333 e. The minimum atomic E-state index is -0.190. The molecule has 4 fully saturated rings. The highest BCUT2D eigenvalue weighted by molar-refractivity contribution is 5.87. The first kappa shape index (κ1) is 25.3. The first-order chi connectivity index (χ1) is 15.6. The highest BCUT2D eigenvalue weighted by atomic mass is 16.5. The van der Waals surface area contributed by atoms with Gasteiger partial charge in [0.15, 0.2) is 0 Å². The monoisotopic (exact) mass is 456 g/mol. The fraction of sp³-hybridized carbons (Fsp3) is 0.903. The van der Waals surface area contributed by atoms with Crippen LogP contribution in [0.15, 0.2) is 12.2 Å². The zero-order valence-corrected chi connectivity index (χ0v) is 22.6. The number of carbonyl (C=O) groups is 1. The second-order valence-corrected chi connectivity index (χ2v) is 13.8. The second-order valence-electron chi connectivity index (χ2n) is 13.8. The van der Waals surface area contributed by atoms with Crippen molar-refractivity contribution in [2.45, 2.75) is 125 Å². The number of rotatable bonds is 7. The van der Waals surface area contributed by atoms with Crippen molar-refractivity contribution in [3.05, 3.63) is 12.2 Å². The Kier molecular flexibility index (Phi) is 7.43. The molecule has 188 valence electrons. The summed E-state index contributed by atoms with van der Waals surface area (Å²) in [7, 11) is 0. The molecule has 0 aromatic carbocycles. The maximum absolute atomic E-state index is 12.1. The van der Waals surface area contributed by atoms with Gasteiger partial charge in [-0.05, 0) is 117 Å². The molecule has 4 saturated carbocycles. The number of hydrogen-bond acceptors (Lipinski definition) is 2. The lowest BCUT2D eigenvalue weighted by molar-refractivity contribution is -0.158. The summed E-state index contributed by atoms with van der Waals surface area (Å²) in [5.74, 6) is 5.99. The molecule has 0 unspecified atom stereocenters. The quantitative estimate of drug-likeness (QED) is 0.283. The van der Waals surface area contributed by atoms with Gasteiger partial charge in [0.1, 0.15) is 6.10 Å². The number of fused-ring (bicyclic) bond motifs is 5. The largest absolute Gasteiger partial charge is 0.459 e. The lowest BCUT2D eigenvalue weighted by Gasteiger charge is -2.61. The van der Waals surface area contributed by atoms with E-state index in [0.29, 0.717) is 16.4 Å². The first-order valence-electron chi connectivity index (χ1n) is 14.4. The van der Waals surface area contributed by atoms with Crippen LogP contribution < -0.4 is 0 Å². The van der Waals surface area contributed by atoms with Gasteiger partial charge in [0.2, 0.25) is 0 Å². The van der Waals surface area contributed by atoms with Crippen LogP contribution in [0.5, 0.6) is 0 Å². The van der Waals surface area contributed by atoms with Gasteiger partial charge in [0.05, 0.1) is 0 Å². The van der Waals surface area contributed by atoms with Crippen molar-refractivity contribution in [1.82, 2.24) is 0 Å². The minimum absolute atomic E-state index is 0.111. The molecular formula is C31H52O2. The summed E-state index contributed by atoms with van der Waals surface area (Å²) >= 11 is 0. The molecule has 0 aromatic rings. The summed E-state index contributed by atoms with van der Waals surface area (Å²) in [5.41, 5.74) is 1.57. The van der Waals surface area contributed by atoms with E-state index in [4.69, 9.17) is 4.74 Å². The molecule has 0 radical (unpaired) electrons. The van der Waals surface area contributed by atoms with Crippen molar-refractivity contribution in [3.8, 4) is 0 Å². The van der Waals surface area contributed by atoms with Crippen LogP contribution in [0.4, 0.5) is 0 Å². The van der Waals surface area contributed by atoms with Crippen molar-refractivity contribution in [2.24, 2.45) is 52.3 Å². The highest BCUT2D eigenvalue weighted by Gasteiger charge is 2.60. The third kappa shape index (κ3) is 4.71. The predicted molar refractivity (Wildman–Crippen MR) is 138 cm³/mol. The molecule has 0 N–H and O–H groups in total. The van der Waals surface area contributed by atoms with Crippen LogP contribution >= 0.6 is 0 Å². The van der Waals surface area contributed by atoms with Crippen LogP contribution in [0.3, 0.4) is 0 Å². The van der Waals surface area contributed by atoms with Crippen LogP contribution in [-0.4, -0.2) is 12.1 Å². The molecule has 0 aromatic heterocycles. The van der Waals surface area contributed by atoms with Gasteiger partial charge in [-0.25, -0.2) is 4.79 Å². The number of carbonyl (C=O) groups excluding carboxylic acids is 1. The van der Waals surface area contributed by atoms with E-state index in [-0.39, 0.29) is 12.1 Å².